The van der Waals surface area contributed by atoms with E-state index in [1.165, 1.54) is 0 Å². The Morgan fingerprint density at radius 3 is 2.19 bits per heavy atom. The molecule has 21 heavy (non-hydrogen) atoms. The van der Waals surface area contributed by atoms with Crippen molar-refractivity contribution in [2.45, 2.75) is 71.6 Å². The summed E-state index contributed by atoms with van der Waals surface area (Å²) in [6.07, 6.45) is 0.990. The van der Waals surface area contributed by atoms with Gasteiger partial charge in [-0.15, -0.1) is 0 Å². The first-order chi connectivity index (χ1) is 9.48. The summed E-state index contributed by atoms with van der Waals surface area (Å²) in [5.41, 5.74) is -1.03. The number of alkyl carbamates (subject to hydrolysis) is 1. The van der Waals surface area contributed by atoms with Gasteiger partial charge < -0.3 is 19.7 Å². The normalized spacial score (nSPS) is 19.3. The molecule has 0 aromatic rings. The fourth-order valence-electron chi connectivity index (χ4n) is 2.12. The lowest BCUT2D eigenvalue weighted by molar-refractivity contribution is 0.0212. The molecule has 6 heteroatoms. The van der Waals surface area contributed by atoms with Crippen LogP contribution in [0.25, 0.3) is 0 Å². The van der Waals surface area contributed by atoms with Gasteiger partial charge in [0.05, 0.1) is 6.04 Å². The van der Waals surface area contributed by atoms with E-state index in [2.05, 4.69) is 5.32 Å². The van der Waals surface area contributed by atoms with E-state index in [9.17, 15) is 9.59 Å². The van der Waals surface area contributed by atoms with Crippen LogP contribution >= 0.6 is 0 Å². The molecule has 0 radical (unpaired) electrons. The molecule has 1 fully saturated rings. The molecule has 1 unspecified atom stereocenters. The Hall–Kier alpha value is -1.46. The lowest BCUT2D eigenvalue weighted by Crippen LogP contribution is -2.46. The Labute approximate surface area is 127 Å². The van der Waals surface area contributed by atoms with E-state index in [1.807, 2.05) is 41.5 Å². The Morgan fingerprint density at radius 1 is 1.10 bits per heavy atom. The molecule has 1 heterocycles. The Balaban J connectivity index is 2.47. The zero-order chi connectivity index (χ0) is 16.3. The van der Waals surface area contributed by atoms with Crippen molar-refractivity contribution in [3.63, 3.8) is 0 Å². The van der Waals surface area contributed by atoms with Crippen molar-refractivity contribution >= 4 is 12.2 Å². The van der Waals surface area contributed by atoms with Crippen molar-refractivity contribution in [1.82, 2.24) is 10.2 Å². The minimum atomic E-state index is -0.523. The molecule has 6 nitrogen and oxygen atoms in total. The first-order valence-electron chi connectivity index (χ1n) is 7.44. The molecule has 1 rings (SSSR count). The van der Waals surface area contributed by atoms with E-state index in [1.54, 1.807) is 4.90 Å². The summed E-state index contributed by atoms with van der Waals surface area (Å²) < 4.78 is 10.6. The van der Waals surface area contributed by atoms with Crippen LogP contribution < -0.4 is 5.32 Å². The standard InChI is InChI=1S/C15H28N2O4/c1-14(2,3)20-12(18)16-10-11-8-7-9-17(11)13(19)21-15(4,5)6/h11H,7-10H2,1-6H3,(H,16,18). The summed E-state index contributed by atoms with van der Waals surface area (Å²) in [7, 11) is 0. The van der Waals surface area contributed by atoms with E-state index in [0.29, 0.717) is 13.1 Å². The molecule has 1 N–H and O–H groups in total. The zero-order valence-electron chi connectivity index (χ0n) is 14.0. The van der Waals surface area contributed by atoms with E-state index in [4.69, 9.17) is 9.47 Å². The van der Waals surface area contributed by atoms with Crippen LogP contribution in [0.1, 0.15) is 54.4 Å². The number of nitrogens with one attached hydrogen (secondary N) is 1. The van der Waals surface area contributed by atoms with Crippen LogP contribution in [0.5, 0.6) is 0 Å². The van der Waals surface area contributed by atoms with Gasteiger partial charge in [-0.05, 0) is 54.4 Å². The molecule has 1 aliphatic heterocycles. The second-order valence-electron chi connectivity index (χ2n) is 7.35. The molecule has 0 aromatic heterocycles. The molecule has 1 saturated heterocycles. The van der Waals surface area contributed by atoms with Crippen LogP contribution in [-0.4, -0.2) is 47.4 Å². The van der Waals surface area contributed by atoms with Gasteiger partial charge in [-0.3, -0.25) is 0 Å². The second-order valence-corrected chi connectivity index (χ2v) is 7.35. The molecule has 0 spiro atoms. The average molecular weight is 300 g/mol. The molecule has 0 saturated carbocycles. The molecule has 0 aliphatic carbocycles. The third-order valence-corrected chi connectivity index (χ3v) is 2.89. The number of hydrogen-bond acceptors (Lipinski definition) is 4. The topological polar surface area (TPSA) is 67.9 Å². The maximum Gasteiger partial charge on any atom is 0.410 e. The highest BCUT2D eigenvalue weighted by atomic mass is 16.6. The van der Waals surface area contributed by atoms with Crippen molar-refractivity contribution in [1.29, 1.82) is 0 Å². The first kappa shape index (κ1) is 17.6. The number of rotatable bonds is 2. The molecule has 122 valence electrons. The summed E-state index contributed by atoms with van der Waals surface area (Å²) in [6, 6.07) is -0.0348. The predicted molar refractivity (Wildman–Crippen MR) is 80.2 cm³/mol. The summed E-state index contributed by atoms with van der Waals surface area (Å²) in [5.74, 6) is 0. The van der Waals surface area contributed by atoms with Gasteiger partial charge in [-0.25, -0.2) is 9.59 Å². The molecular formula is C15H28N2O4. The van der Waals surface area contributed by atoms with Crippen molar-refractivity contribution in [2.24, 2.45) is 0 Å². The number of ether oxygens (including phenoxy) is 2. The predicted octanol–water partition coefficient (Wildman–Crippen LogP) is 2.91. The van der Waals surface area contributed by atoms with E-state index < -0.39 is 17.3 Å². The third kappa shape index (κ3) is 6.69. The fourth-order valence-corrected chi connectivity index (χ4v) is 2.12. The van der Waals surface area contributed by atoms with Crippen LogP contribution in [0.3, 0.4) is 0 Å². The Bertz CT molecular complexity index is 382. The Morgan fingerprint density at radius 2 is 1.67 bits per heavy atom. The lowest BCUT2D eigenvalue weighted by Gasteiger charge is -2.29. The van der Waals surface area contributed by atoms with Crippen LogP contribution in [0, 0.1) is 0 Å². The maximum absolute atomic E-state index is 12.1. The molecule has 0 bridgehead atoms. The smallest absolute Gasteiger partial charge is 0.410 e. The molecule has 1 aliphatic rings. The maximum atomic E-state index is 12.1. The first-order valence-corrected chi connectivity index (χ1v) is 7.44. The second kappa shape index (κ2) is 6.54. The number of nitrogens with zero attached hydrogens (tertiary/aromatic N) is 1. The molecule has 2 amide bonds. The molecular weight excluding hydrogens is 272 g/mol. The number of carbonyl (C=O) groups excluding carboxylic acids is 2. The Kier molecular flexibility index (Phi) is 5.48. The van der Waals surface area contributed by atoms with E-state index >= 15 is 0 Å². The minimum absolute atomic E-state index is 0.0348. The van der Waals surface area contributed by atoms with Gasteiger partial charge in [0, 0.05) is 13.1 Å². The SMILES string of the molecule is CC(C)(C)OC(=O)NCC1CCCN1C(=O)OC(C)(C)C. The highest BCUT2D eigenvalue weighted by molar-refractivity contribution is 5.70. The summed E-state index contributed by atoms with van der Waals surface area (Å²) in [5, 5.41) is 2.72. The lowest BCUT2D eigenvalue weighted by atomic mass is 10.2. The summed E-state index contributed by atoms with van der Waals surface area (Å²) in [4.78, 5) is 25.4. The van der Waals surface area contributed by atoms with Gasteiger partial charge in [-0.2, -0.15) is 0 Å². The van der Waals surface area contributed by atoms with Crippen molar-refractivity contribution in [3.8, 4) is 0 Å². The van der Waals surface area contributed by atoms with Gasteiger partial charge in [-0.1, -0.05) is 0 Å². The largest absolute Gasteiger partial charge is 0.444 e. The highest BCUT2D eigenvalue weighted by Gasteiger charge is 2.32. The average Bonchev–Trinajstić information content (AvgIpc) is 2.69. The molecule has 0 aromatic carbocycles. The zero-order valence-corrected chi connectivity index (χ0v) is 14.0. The van der Waals surface area contributed by atoms with Crippen LogP contribution in [0.2, 0.25) is 0 Å². The van der Waals surface area contributed by atoms with E-state index in [-0.39, 0.29) is 12.1 Å². The fraction of sp³-hybridized carbons (Fsp3) is 0.867. The van der Waals surface area contributed by atoms with Crippen molar-refractivity contribution in [3.05, 3.63) is 0 Å². The minimum Gasteiger partial charge on any atom is -0.444 e. The molecule has 1 atom stereocenters. The van der Waals surface area contributed by atoms with Gasteiger partial charge in [0.2, 0.25) is 0 Å². The van der Waals surface area contributed by atoms with Gasteiger partial charge in [0.15, 0.2) is 0 Å². The van der Waals surface area contributed by atoms with E-state index in [0.717, 1.165) is 12.8 Å². The van der Waals surface area contributed by atoms with Gasteiger partial charge >= 0.3 is 12.2 Å². The summed E-state index contributed by atoms with van der Waals surface area (Å²) >= 11 is 0. The monoisotopic (exact) mass is 300 g/mol. The van der Waals surface area contributed by atoms with Gasteiger partial charge in [0.1, 0.15) is 11.2 Å². The van der Waals surface area contributed by atoms with Crippen LogP contribution in [0.4, 0.5) is 9.59 Å². The van der Waals surface area contributed by atoms with Crippen LogP contribution in [0.15, 0.2) is 0 Å². The van der Waals surface area contributed by atoms with Crippen molar-refractivity contribution in [2.75, 3.05) is 13.1 Å². The summed E-state index contributed by atoms with van der Waals surface area (Å²) in [6.45, 7) is 12.0. The number of likely N-dealkylation sites (tertiary alicyclic amines) is 1. The van der Waals surface area contributed by atoms with Gasteiger partial charge in [0.25, 0.3) is 0 Å². The third-order valence-electron chi connectivity index (χ3n) is 2.89. The van der Waals surface area contributed by atoms with Crippen LogP contribution in [-0.2, 0) is 9.47 Å². The number of hydrogen-bond donors (Lipinski definition) is 1. The number of carbonyl (C=O) groups is 2. The highest BCUT2D eigenvalue weighted by Crippen LogP contribution is 2.20. The quantitative estimate of drug-likeness (QED) is 0.851. The number of amides is 2. The van der Waals surface area contributed by atoms with Crippen molar-refractivity contribution < 1.29 is 19.1 Å².